The Morgan fingerprint density at radius 2 is 2.53 bits per heavy atom. The first-order valence-corrected chi connectivity index (χ1v) is 5.41. The van der Waals surface area contributed by atoms with Gasteiger partial charge in [0.25, 0.3) is 0 Å². The Morgan fingerprint density at radius 1 is 1.65 bits per heavy atom. The first kappa shape index (κ1) is 11.7. The summed E-state index contributed by atoms with van der Waals surface area (Å²) in [6.07, 6.45) is 1.46. The molecule has 0 spiro atoms. The molecular weight excluding hydrogens is 224 g/mol. The fraction of sp³-hybridized carbons (Fsp3) is 0.500. The van der Waals surface area contributed by atoms with E-state index in [1.807, 2.05) is 0 Å². The van der Waals surface area contributed by atoms with E-state index >= 15 is 0 Å². The van der Waals surface area contributed by atoms with Gasteiger partial charge in [0.15, 0.2) is 6.20 Å². The van der Waals surface area contributed by atoms with E-state index in [-0.39, 0.29) is 11.9 Å². The Morgan fingerprint density at radius 3 is 3.12 bits per heavy atom. The average Bonchev–Trinajstić information content (AvgIpc) is 2.38. The second-order valence-electron chi connectivity index (χ2n) is 3.77. The van der Waals surface area contributed by atoms with Crippen molar-refractivity contribution in [3.8, 4) is 0 Å². The molecule has 1 aromatic rings. The number of aromatic nitrogens is 1. The molecule has 7 heteroatoms. The molecule has 2 heterocycles. The van der Waals surface area contributed by atoms with Crippen molar-refractivity contribution in [1.82, 2.24) is 10.3 Å². The molecule has 1 fully saturated rings. The van der Waals surface area contributed by atoms with Crippen LogP contribution in [-0.4, -0.2) is 42.3 Å². The zero-order valence-electron chi connectivity index (χ0n) is 9.26. The topological polar surface area (TPSA) is 89.3 Å². The largest absolute Gasteiger partial charge is 0.380 e. The van der Waals surface area contributed by atoms with Gasteiger partial charge in [0, 0.05) is 25.2 Å². The fourth-order valence-electron chi connectivity index (χ4n) is 1.59. The van der Waals surface area contributed by atoms with Crippen LogP contribution in [0, 0.1) is 10.1 Å². The summed E-state index contributed by atoms with van der Waals surface area (Å²) < 4.78 is 5.31. The molecule has 0 aliphatic carbocycles. The van der Waals surface area contributed by atoms with Crippen LogP contribution in [-0.2, 0) is 4.74 Å². The lowest BCUT2D eigenvalue weighted by Gasteiger charge is -2.24. The summed E-state index contributed by atoms with van der Waals surface area (Å²) in [5.74, 6) is -0.144. The average molecular weight is 238 g/mol. The highest BCUT2D eigenvalue weighted by atomic mass is 16.6. The molecule has 92 valence electrons. The minimum absolute atomic E-state index is 0.144. The fourth-order valence-corrected chi connectivity index (χ4v) is 1.59. The van der Waals surface area contributed by atoms with Crippen LogP contribution < -0.4 is 10.6 Å². The molecule has 1 aliphatic rings. The van der Waals surface area contributed by atoms with Crippen molar-refractivity contribution in [3.05, 3.63) is 28.4 Å². The van der Waals surface area contributed by atoms with Gasteiger partial charge < -0.3 is 25.5 Å². The third-order valence-electron chi connectivity index (χ3n) is 2.49. The summed E-state index contributed by atoms with van der Waals surface area (Å²) in [4.78, 5) is 13.6. The Bertz CT molecular complexity index is 376. The van der Waals surface area contributed by atoms with Crippen LogP contribution >= 0.6 is 0 Å². The smallest absolute Gasteiger partial charge is 0.363 e. The molecule has 2 N–H and O–H groups in total. The maximum atomic E-state index is 10.4. The normalized spacial score (nSPS) is 19.9. The Balaban J connectivity index is 1.84. The molecular formula is C10H14N4O3. The number of nitrogens with one attached hydrogen (secondary N) is 2. The Kier molecular flexibility index (Phi) is 3.84. The number of morpholine rings is 1. The van der Waals surface area contributed by atoms with Crippen LogP contribution in [0.3, 0.4) is 0 Å². The van der Waals surface area contributed by atoms with Crippen molar-refractivity contribution in [2.45, 2.75) is 6.04 Å². The molecule has 7 nitrogen and oxygen atoms in total. The van der Waals surface area contributed by atoms with Gasteiger partial charge in [-0.3, -0.25) is 0 Å². The molecule has 0 saturated carbocycles. The zero-order valence-corrected chi connectivity index (χ0v) is 9.26. The molecule has 1 saturated heterocycles. The summed E-state index contributed by atoms with van der Waals surface area (Å²) in [5, 5.41) is 16.9. The zero-order chi connectivity index (χ0) is 12.1. The third-order valence-corrected chi connectivity index (χ3v) is 2.49. The molecule has 0 amide bonds. The van der Waals surface area contributed by atoms with E-state index in [4.69, 9.17) is 4.74 Å². The second kappa shape index (κ2) is 5.55. The van der Waals surface area contributed by atoms with Gasteiger partial charge in [0.1, 0.15) is 0 Å². The van der Waals surface area contributed by atoms with Crippen LogP contribution in [0.25, 0.3) is 0 Å². The van der Waals surface area contributed by atoms with Crippen molar-refractivity contribution in [3.63, 3.8) is 0 Å². The SMILES string of the molecule is O=[N+]([O-])c1ccc(NCC2COCCN2)cn1. The maximum absolute atomic E-state index is 10.4. The van der Waals surface area contributed by atoms with E-state index < -0.39 is 4.92 Å². The van der Waals surface area contributed by atoms with Crippen LogP contribution in [0.4, 0.5) is 11.5 Å². The van der Waals surface area contributed by atoms with Crippen molar-refractivity contribution >= 4 is 11.5 Å². The number of nitrogens with zero attached hydrogens (tertiary/aromatic N) is 2. The van der Waals surface area contributed by atoms with Gasteiger partial charge in [0.2, 0.25) is 0 Å². The van der Waals surface area contributed by atoms with Crippen LogP contribution in [0.2, 0.25) is 0 Å². The van der Waals surface area contributed by atoms with E-state index in [2.05, 4.69) is 15.6 Å². The van der Waals surface area contributed by atoms with Crippen molar-refractivity contribution in [2.75, 3.05) is 31.6 Å². The predicted molar refractivity (Wildman–Crippen MR) is 62.0 cm³/mol. The number of hydrogen-bond donors (Lipinski definition) is 2. The van der Waals surface area contributed by atoms with Gasteiger partial charge in [-0.15, -0.1) is 0 Å². The summed E-state index contributed by atoms with van der Waals surface area (Å²) in [5.41, 5.74) is 0.767. The Labute approximate surface area is 98.3 Å². The molecule has 1 unspecified atom stereocenters. The van der Waals surface area contributed by atoms with Gasteiger partial charge in [-0.1, -0.05) is 0 Å². The summed E-state index contributed by atoms with van der Waals surface area (Å²) in [6.45, 7) is 2.98. The minimum atomic E-state index is -0.514. The predicted octanol–water partition coefficient (Wildman–Crippen LogP) is 0.390. The number of ether oxygens (including phenoxy) is 1. The summed E-state index contributed by atoms with van der Waals surface area (Å²) in [7, 11) is 0. The number of rotatable bonds is 4. The van der Waals surface area contributed by atoms with E-state index in [1.54, 1.807) is 6.07 Å². The lowest BCUT2D eigenvalue weighted by molar-refractivity contribution is -0.389. The quantitative estimate of drug-likeness (QED) is 0.582. The second-order valence-corrected chi connectivity index (χ2v) is 3.77. The highest BCUT2D eigenvalue weighted by molar-refractivity contribution is 5.43. The van der Waals surface area contributed by atoms with E-state index in [1.165, 1.54) is 12.3 Å². The molecule has 1 aromatic heterocycles. The number of nitro groups is 1. The standard InChI is InChI=1S/C10H14N4O3/c15-14(16)10-2-1-8(5-13-10)12-6-9-7-17-4-3-11-9/h1-2,5,9,11-12H,3-4,6-7H2. The number of hydrogen-bond acceptors (Lipinski definition) is 6. The Hall–Kier alpha value is -1.73. The molecule has 17 heavy (non-hydrogen) atoms. The molecule has 0 bridgehead atoms. The summed E-state index contributed by atoms with van der Waals surface area (Å²) >= 11 is 0. The number of pyridine rings is 1. The van der Waals surface area contributed by atoms with E-state index in [9.17, 15) is 10.1 Å². The number of anilines is 1. The van der Waals surface area contributed by atoms with Gasteiger partial charge in [0.05, 0.1) is 18.9 Å². The van der Waals surface area contributed by atoms with E-state index in [0.717, 1.165) is 18.8 Å². The molecule has 0 aromatic carbocycles. The molecule has 1 aliphatic heterocycles. The molecule has 1 atom stereocenters. The van der Waals surface area contributed by atoms with Crippen molar-refractivity contribution in [1.29, 1.82) is 0 Å². The maximum Gasteiger partial charge on any atom is 0.363 e. The van der Waals surface area contributed by atoms with Crippen molar-refractivity contribution in [2.24, 2.45) is 0 Å². The van der Waals surface area contributed by atoms with Gasteiger partial charge >= 0.3 is 5.82 Å². The first-order chi connectivity index (χ1) is 8.25. The molecule has 0 radical (unpaired) electrons. The first-order valence-electron chi connectivity index (χ1n) is 5.41. The van der Waals surface area contributed by atoms with Crippen LogP contribution in [0.15, 0.2) is 18.3 Å². The highest BCUT2D eigenvalue weighted by Crippen LogP contribution is 2.11. The van der Waals surface area contributed by atoms with Gasteiger partial charge in [-0.2, -0.15) is 0 Å². The minimum Gasteiger partial charge on any atom is -0.380 e. The third kappa shape index (κ3) is 3.36. The highest BCUT2D eigenvalue weighted by Gasteiger charge is 2.13. The van der Waals surface area contributed by atoms with E-state index in [0.29, 0.717) is 13.2 Å². The lowest BCUT2D eigenvalue weighted by Crippen LogP contribution is -2.45. The van der Waals surface area contributed by atoms with Gasteiger partial charge in [-0.05, 0) is 16.0 Å². The van der Waals surface area contributed by atoms with Crippen LogP contribution in [0.5, 0.6) is 0 Å². The monoisotopic (exact) mass is 238 g/mol. The molecule has 2 rings (SSSR count). The van der Waals surface area contributed by atoms with Crippen molar-refractivity contribution < 1.29 is 9.66 Å². The van der Waals surface area contributed by atoms with Crippen LogP contribution in [0.1, 0.15) is 0 Å². The summed E-state index contributed by atoms with van der Waals surface area (Å²) in [6, 6.07) is 3.29. The lowest BCUT2D eigenvalue weighted by atomic mass is 10.2. The van der Waals surface area contributed by atoms with Gasteiger partial charge in [-0.25, -0.2) is 0 Å².